The van der Waals surface area contributed by atoms with Crippen LogP contribution in [-0.4, -0.2) is 30.4 Å². The molecule has 0 radical (unpaired) electrons. The van der Waals surface area contributed by atoms with Crippen molar-refractivity contribution in [1.82, 2.24) is 10.2 Å². The highest BCUT2D eigenvalue weighted by Crippen LogP contribution is 2.34. The fourth-order valence-corrected chi connectivity index (χ4v) is 3.29. The van der Waals surface area contributed by atoms with E-state index in [0.717, 1.165) is 32.5 Å². The lowest BCUT2D eigenvalue weighted by Crippen LogP contribution is -2.50. The largest absolute Gasteiger partial charge is 0.335 e. The van der Waals surface area contributed by atoms with Gasteiger partial charge in [0, 0.05) is 12.5 Å². The predicted molar refractivity (Wildman–Crippen MR) is 80.4 cm³/mol. The molecule has 3 heteroatoms. The molecule has 3 nitrogen and oxygen atoms in total. The molecule has 2 aliphatic rings. The molecule has 20 heavy (non-hydrogen) atoms. The number of amides is 1. The zero-order valence-electron chi connectivity index (χ0n) is 12.4. The molecule has 2 aliphatic heterocycles. The molecule has 0 bridgehead atoms. The Bertz CT molecular complexity index is 478. The second kappa shape index (κ2) is 5.57. The van der Waals surface area contributed by atoms with Crippen molar-refractivity contribution in [3.63, 3.8) is 0 Å². The monoisotopic (exact) mass is 272 g/mol. The van der Waals surface area contributed by atoms with Gasteiger partial charge >= 0.3 is 0 Å². The second-order valence-corrected chi connectivity index (χ2v) is 6.31. The molecule has 2 saturated heterocycles. The van der Waals surface area contributed by atoms with Crippen molar-refractivity contribution in [1.29, 1.82) is 0 Å². The van der Waals surface area contributed by atoms with Crippen molar-refractivity contribution in [3.05, 3.63) is 35.4 Å². The van der Waals surface area contributed by atoms with Crippen molar-refractivity contribution in [2.75, 3.05) is 19.6 Å². The molecular formula is C17H24N2O. The highest BCUT2D eigenvalue weighted by atomic mass is 16.2. The Morgan fingerprint density at radius 1 is 1.30 bits per heavy atom. The van der Waals surface area contributed by atoms with E-state index in [1.807, 2.05) is 0 Å². The summed E-state index contributed by atoms with van der Waals surface area (Å²) in [5.74, 6) is 1.03. The van der Waals surface area contributed by atoms with Crippen molar-refractivity contribution < 1.29 is 4.79 Å². The van der Waals surface area contributed by atoms with Crippen LogP contribution < -0.4 is 5.32 Å². The molecule has 1 aromatic carbocycles. The molecule has 0 aliphatic carbocycles. The van der Waals surface area contributed by atoms with Crippen LogP contribution >= 0.6 is 0 Å². The minimum Gasteiger partial charge on any atom is -0.335 e. The van der Waals surface area contributed by atoms with Gasteiger partial charge in [-0.1, -0.05) is 36.8 Å². The van der Waals surface area contributed by atoms with Gasteiger partial charge in [0.2, 0.25) is 5.91 Å². The lowest BCUT2D eigenvalue weighted by Gasteiger charge is -2.35. The molecule has 2 unspecified atom stereocenters. The van der Waals surface area contributed by atoms with Crippen molar-refractivity contribution in [3.8, 4) is 0 Å². The number of hydrogen-bond donors (Lipinski definition) is 1. The summed E-state index contributed by atoms with van der Waals surface area (Å²) in [4.78, 5) is 14.8. The van der Waals surface area contributed by atoms with Gasteiger partial charge in [-0.15, -0.1) is 0 Å². The standard InChI is InChI=1S/C17H24N2O/c1-12-5-7-14(8-6-12)16-4-3-9-19(16)17(20)13(2)15-10-18-11-15/h5-8,13,15-16,18H,3-4,9-11H2,1-2H3. The Hall–Kier alpha value is -1.35. The lowest BCUT2D eigenvalue weighted by atomic mass is 9.87. The van der Waals surface area contributed by atoms with Gasteiger partial charge in [-0.2, -0.15) is 0 Å². The maximum atomic E-state index is 12.7. The number of hydrogen-bond acceptors (Lipinski definition) is 2. The van der Waals surface area contributed by atoms with E-state index in [-0.39, 0.29) is 5.92 Å². The van der Waals surface area contributed by atoms with Gasteiger partial charge in [0.25, 0.3) is 0 Å². The third-order valence-corrected chi connectivity index (χ3v) is 4.91. The lowest BCUT2D eigenvalue weighted by molar-refractivity contribution is -0.138. The van der Waals surface area contributed by atoms with Crippen molar-refractivity contribution >= 4 is 5.91 Å². The molecule has 0 saturated carbocycles. The fraction of sp³-hybridized carbons (Fsp3) is 0.588. The minimum atomic E-state index is 0.155. The molecule has 2 heterocycles. The van der Waals surface area contributed by atoms with Crippen LogP contribution in [0.3, 0.4) is 0 Å². The SMILES string of the molecule is Cc1ccc(C2CCCN2C(=O)C(C)C2CNC2)cc1. The van der Waals surface area contributed by atoms with Crippen LogP contribution in [0.15, 0.2) is 24.3 Å². The fourth-order valence-electron chi connectivity index (χ4n) is 3.29. The molecule has 1 amide bonds. The van der Waals surface area contributed by atoms with Crippen LogP contribution in [0.25, 0.3) is 0 Å². The first-order valence-corrected chi connectivity index (χ1v) is 7.74. The summed E-state index contributed by atoms with van der Waals surface area (Å²) in [5.41, 5.74) is 2.57. The summed E-state index contributed by atoms with van der Waals surface area (Å²) < 4.78 is 0. The number of carbonyl (C=O) groups is 1. The number of nitrogens with one attached hydrogen (secondary N) is 1. The van der Waals surface area contributed by atoms with E-state index < -0.39 is 0 Å². The van der Waals surface area contributed by atoms with Gasteiger partial charge in [-0.3, -0.25) is 4.79 Å². The molecule has 0 aromatic heterocycles. The third-order valence-electron chi connectivity index (χ3n) is 4.91. The van der Waals surface area contributed by atoms with Gasteiger partial charge in [-0.25, -0.2) is 0 Å². The Kier molecular flexibility index (Phi) is 3.79. The Morgan fingerprint density at radius 2 is 2.00 bits per heavy atom. The van der Waals surface area contributed by atoms with Crippen LogP contribution in [0.2, 0.25) is 0 Å². The topological polar surface area (TPSA) is 32.3 Å². The zero-order valence-corrected chi connectivity index (χ0v) is 12.4. The molecule has 2 fully saturated rings. The van der Waals surface area contributed by atoms with Gasteiger partial charge in [-0.05, 0) is 44.3 Å². The quantitative estimate of drug-likeness (QED) is 0.917. The van der Waals surface area contributed by atoms with E-state index >= 15 is 0 Å². The van der Waals surface area contributed by atoms with E-state index in [1.54, 1.807) is 0 Å². The van der Waals surface area contributed by atoms with Crippen LogP contribution in [0, 0.1) is 18.8 Å². The highest BCUT2D eigenvalue weighted by molar-refractivity contribution is 5.79. The van der Waals surface area contributed by atoms with Gasteiger partial charge in [0.05, 0.1) is 6.04 Å². The summed E-state index contributed by atoms with van der Waals surface area (Å²) in [5, 5.41) is 3.27. The first-order valence-electron chi connectivity index (χ1n) is 7.74. The van der Waals surface area contributed by atoms with Crippen molar-refractivity contribution in [2.24, 2.45) is 11.8 Å². The summed E-state index contributed by atoms with van der Waals surface area (Å²) in [6.07, 6.45) is 2.23. The van der Waals surface area contributed by atoms with Crippen molar-refractivity contribution in [2.45, 2.75) is 32.7 Å². The van der Waals surface area contributed by atoms with E-state index in [0.29, 0.717) is 17.9 Å². The number of rotatable bonds is 3. The summed E-state index contributed by atoms with van der Waals surface area (Å²) in [6, 6.07) is 8.95. The summed E-state index contributed by atoms with van der Waals surface area (Å²) in [7, 11) is 0. The Labute approximate surface area is 121 Å². The van der Waals surface area contributed by atoms with Crippen LogP contribution in [0.1, 0.15) is 36.9 Å². The van der Waals surface area contributed by atoms with E-state index in [1.165, 1.54) is 11.1 Å². The van der Waals surface area contributed by atoms with Crippen LogP contribution in [0.4, 0.5) is 0 Å². The average molecular weight is 272 g/mol. The number of likely N-dealkylation sites (tertiary alicyclic amines) is 1. The maximum absolute atomic E-state index is 12.7. The third kappa shape index (κ3) is 2.47. The number of aryl methyl sites for hydroxylation is 1. The predicted octanol–water partition coefficient (Wildman–Crippen LogP) is 2.51. The molecule has 0 spiro atoms. The highest BCUT2D eigenvalue weighted by Gasteiger charge is 2.36. The van der Waals surface area contributed by atoms with E-state index in [9.17, 15) is 4.79 Å². The summed E-state index contributed by atoms with van der Waals surface area (Å²) >= 11 is 0. The van der Waals surface area contributed by atoms with E-state index in [4.69, 9.17) is 0 Å². The number of carbonyl (C=O) groups excluding carboxylic acids is 1. The molecule has 1 aromatic rings. The molecule has 108 valence electrons. The zero-order chi connectivity index (χ0) is 14.1. The first kappa shape index (κ1) is 13.6. The smallest absolute Gasteiger partial charge is 0.226 e. The Balaban J connectivity index is 1.74. The second-order valence-electron chi connectivity index (χ2n) is 6.31. The van der Waals surface area contributed by atoms with Crippen LogP contribution in [0.5, 0.6) is 0 Å². The first-order chi connectivity index (χ1) is 9.66. The van der Waals surface area contributed by atoms with Gasteiger partial charge in [0.15, 0.2) is 0 Å². The van der Waals surface area contributed by atoms with Gasteiger partial charge in [0.1, 0.15) is 0 Å². The Morgan fingerprint density at radius 3 is 2.60 bits per heavy atom. The average Bonchev–Trinajstić information content (AvgIpc) is 2.85. The molecule has 2 atom stereocenters. The maximum Gasteiger partial charge on any atom is 0.226 e. The van der Waals surface area contributed by atoms with Crippen LogP contribution in [-0.2, 0) is 4.79 Å². The summed E-state index contributed by atoms with van der Waals surface area (Å²) in [6.45, 7) is 7.11. The molecule has 1 N–H and O–H groups in total. The number of nitrogens with zero attached hydrogens (tertiary/aromatic N) is 1. The minimum absolute atomic E-state index is 0.155. The number of benzene rings is 1. The van der Waals surface area contributed by atoms with E-state index in [2.05, 4.69) is 48.3 Å². The van der Waals surface area contributed by atoms with Gasteiger partial charge < -0.3 is 10.2 Å². The molecule has 3 rings (SSSR count). The normalized spacial score (nSPS) is 24.5. The molecular weight excluding hydrogens is 248 g/mol.